The third-order valence-electron chi connectivity index (χ3n) is 3.59. The van der Waals surface area contributed by atoms with Crippen LogP contribution < -0.4 is 5.32 Å². The molecule has 21 heavy (non-hydrogen) atoms. The van der Waals surface area contributed by atoms with E-state index in [4.69, 9.17) is 9.72 Å². The Morgan fingerprint density at radius 2 is 1.95 bits per heavy atom. The molecule has 0 aliphatic rings. The molecule has 1 rings (SSSR count). The summed E-state index contributed by atoms with van der Waals surface area (Å²) < 4.78 is 5.98. The molecule has 0 saturated heterocycles. The molecule has 0 radical (unpaired) electrons. The lowest BCUT2D eigenvalue weighted by Gasteiger charge is -2.30. The van der Waals surface area contributed by atoms with Crippen LogP contribution in [0.5, 0.6) is 0 Å². The van der Waals surface area contributed by atoms with Crippen molar-refractivity contribution in [3.05, 3.63) is 16.1 Å². The van der Waals surface area contributed by atoms with Gasteiger partial charge in [-0.1, -0.05) is 41.5 Å². The van der Waals surface area contributed by atoms with Gasteiger partial charge in [0.2, 0.25) is 0 Å². The summed E-state index contributed by atoms with van der Waals surface area (Å²) in [6, 6.07) is 0.328. The first kappa shape index (κ1) is 18.6. The maximum absolute atomic E-state index is 5.98. The molecule has 0 aliphatic carbocycles. The Labute approximate surface area is 134 Å². The molecule has 1 N–H and O–H groups in total. The minimum absolute atomic E-state index is 0.125. The quantitative estimate of drug-likeness (QED) is 0.787. The topological polar surface area (TPSA) is 34.2 Å². The number of hydrogen-bond donors (Lipinski definition) is 1. The van der Waals surface area contributed by atoms with Gasteiger partial charge in [0.15, 0.2) is 0 Å². The van der Waals surface area contributed by atoms with Gasteiger partial charge in [-0.25, -0.2) is 4.98 Å². The van der Waals surface area contributed by atoms with Gasteiger partial charge in [-0.3, -0.25) is 0 Å². The van der Waals surface area contributed by atoms with E-state index >= 15 is 0 Å². The number of likely N-dealkylation sites (N-methyl/N-ethyl adjacent to an activating group) is 1. The second-order valence-corrected chi connectivity index (χ2v) is 7.85. The third kappa shape index (κ3) is 5.68. The fraction of sp³-hybridized carbons (Fsp3) is 0.824. The van der Waals surface area contributed by atoms with Crippen LogP contribution in [0.4, 0.5) is 0 Å². The SMILES string of the molecule is CCNC(Cc1nc(C(C)(C)C)cs1)C(OCC)C(C)C. The third-order valence-corrected chi connectivity index (χ3v) is 4.46. The van der Waals surface area contributed by atoms with E-state index in [2.05, 4.69) is 59.2 Å². The number of thiazole rings is 1. The monoisotopic (exact) mass is 312 g/mol. The first-order valence-corrected chi connectivity index (χ1v) is 8.97. The highest BCUT2D eigenvalue weighted by Gasteiger charge is 2.26. The standard InChI is InChI=1S/C17H32N2OS/c1-8-18-13(16(12(3)4)20-9-2)10-15-19-14(11-21-15)17(5,6)7/h11-13,16,18H,8-10H2,1-7H3. The van der Waals surface area contributed by atoms with Crippen molar-refractivity contribution in [2.75, 3.05) is 13.2 Å². The normalized spacial score (nSPS) is 15.4. The van der Waals surface area contributed by atoms with E-state index in [1.807, 2.05) is 0 Å². The molecule has 0 bridgehead atoms. The lowest BCUT2D eigenvalue weighted by molar-refractivity contribution is 0.00393. The number of nitrogens with one attached hydrogen (secondary N) is 1. The number of hydrogen-bond acceptors (Lipinski definition) is 4. The second kappa shape index (κ2) is 8.25. The van der Waals surface area contributed by atoms with E-state index in [1.54, 1.807) is 11.3 Å². The second-order valence-electron chi connectivity index (χ2n) is 6.91. The van der Waals surface area contributed by atoms with Gasteiger partial charge in [0.25, 0.3) is 0 Å². The molecule has 1 aromatic rings. The summed E-state index contributed by atoms with van der Waals surface area (Å²) in [5, 5.41) is 6.99. The van der Waals surface area contributed by atoms with E-state index < -0.39 is 0 Å². The van der Waals surface area contributed by atoms with Crippen LogP contribution in [-0.4, -0.2) is 30.3 Å². The van der Waals surface area contributed by atoms with E-state index in [-0.39, 0.29) is 11.5 Å². The molecule has 3 nitrogen and oxygen atoms in total. The Balaban J connectivity index is 2.84. The highest BCUT2D eigenvalue weighted by atomic mass is 32.1. The van der Waals surface area contributed by atoms with Crippen molar-refractivity contribution >= 4 is 11.3 Å². The molecule has 1 aromatic heterocycles. The maximum atomic E-state index is 5.98. The van der Waals surface area contributed by atoms with Crippen LogP contribution in [0.3, 0.4) is 0 Å². The van der Waals surface area contributed by atoms with E-state index in [0.717, 1.165) is 19.6 Å². The average molecular weight is 313 g/mol. The fourth-order valence-corrected chi connectivity index (χ4v) is 3.55. The molecule has 0 aromatic carbocycles. The predicted molar refractivity (Wildman–Crippen MR) is 92.2 cm³/mol. The molecular formula is C17H32N2OS. The molecule has 2 atom stereocenters. The highest BCUT2D eigenvalue weighted by Crippen LogP contribution is 2.25. The van der Waals surface area contributed by atoms with Crippen molar-refractivity contribution in [1.29, 1.82) is 0 Å². The van der Waals surface area contributed by atoms with Gasteiger partial charge < -0.3 is 10.1 Å². The van der Waals surface area contributed by atoms with Gasteiger partial charge in [-0.2, -0.15) is 0 Å². The van der Waals surface area contributed by atoms with Crippen LogP contribution in [0.15, 0.2) is 5.38 Å². The van der Waals surface area contributed by atoms with Crippen LogP contribution in [0.1, 0.15) is 59.2 Å². The van der Waals surface area contributed by atoms with E-state index in [9.17, 15) is 0 Å². The number of ether oxygens (including phenoxy) is 1. The zero-order valence-corrected chi connectivity index (χ0v) is 15.5. The van der Waals surface area contributed by atoms with Gasteiger partial charge in [-0.15, -0.1) is 11.3 Å². The van der Waals surface area contributed by atoms with Gasteiger partial charge >= 0.3 is 0 Å². The summed E-state index contributed by atoms with van der Waals surface area (Å²) in [5.74, 6) is 0.496. The first-order valence-electron chi connectivity index (χ1n) is 8.09. The summed E-state index contributed by atoms with van der Waals surface area (Å²) in [5.41, 5.74) is 1.31. The molecule has 4 heteroatoms. The van der Waals surface area contributed by atoms with Crippen molar-refractivity contribution in [2.24, 2.45) is 5.92 Å². The summed E-state index contributed by atoms with van der Waals surface area (Å²) in [6.45, 7) is 17.0. The van der Waals surface area contributed by atoms with Crippen LogP contribution in [-0.2, 0) is 16.6 Å². The predicted octanol–water partition coefficient (Wildman–Crippen LogP) is 4.02. The Kier molecular flexibility index (Phi) is 7.31. The smallest absolute Gasteiger partial charge is 0.0945 e. The molecule has 0 amide bonds. The number of aromatic nitrogens is 1. The van der Waals surface area contributed by atoms with Crippen LogP contribution in [0.25, 0.3) is 0 Å². The fourth-order valence-electron chi connectivity index (χ4n) is 2.47. The van der Waals surface area contributed by atoms with Crippen LogP contribution in [0.2, 0.25) is 0 Å². The Morgan fingerprint density at radius 3 is 2.38 bits per heavy atom. The van der Waals surface area contributed by atoms with E-state index in [1.165, 1.54) is 10.7 Å². The molecule has 122 valence electrons. The summed E-state index contributed by atoms with van der Waals surface area (Å²) in [4.78, 5) is 4.83. The van der Waals surface area contributed by atoms with Crippen molar-refractivity contribution in [1.82, 2.24) is 10.3 Å². The van der Waals surface area contributed by atoms with Crippen LogP contribution in [0, 0.1) is 5.92 Å². The van der Waals surface area contributed by atoms with Crippen molar-refractivity contribution in [3.8, 4) is 0 Å². The molecule has 0 saturated carbocycles. The number of nitrogens with zero attached hydrogens (tertiary/aromatic N) is 1. The van der Waals surface area contributed by atoms with Gasteiger partial charge in [-0.05, 0) is 19.4 Å². The summed E-state index contributed by atoms with van der Waals surface area (Å²) >= 11 is 1.77. The van der Waals surface area contributed by atoms with Gasteiger partial charge in [0.05, 0.1) is 16.8 Å². The minimum atomic E-state index is 0.125. The Hall–Kier alpha value is -0.450. The maximum Gasteiger partial charge on any atom is 0.0945 e. The minimum Gasteiger partial charge on any atom is -0.377 e. The van der Waals surface area contributed by atoms with Gasteiger partial charge in [0, 0.05) is 29.9 Å². The van der Waals surface area contributed by atoms with Gasteiger partial charge in [0.1, 0.15) is 0 Å². The lowest BCUT2D eigenvalue weighted by Crippen LogP contribution is -2.45. The zero-order chi connectivity index (χ0) is 16.0. The molecule has 0 aliphatic heterocycles. The largest absolute Gasteiger partial charge is 0.377 e. The molecule has 0 spiro atoms. The first-order chi connectivity index (χ1) is 9.79. The number of rotatable bonds is 8. The Morgan fingerprint density at radius 1 is 1.29 bits per heavy atom. The summed E-state index contributed by atoms with van der Waals surface area (Å²) in [6.07, 6.45) is 1.18. The molecule has 1 heterocycles. The van der Waals surface area contributed by atoms with Crippen molar-refractivity contribution < 1.29 is 4.74 Å². The molecule has 0 fully saturated rings. The van der Waals surface area contributed by atoms with Crippen LogP contribution >= 0.6 is 11.3 Å². The highest BCUT2D eigenvalue weighted by molar-refractivity contribution is 7.09. The van der Waals surface area contributed by atoms with Crippen molar-refractivity contribution in [3.63, 3.8) is 0 Å². The van der Waals surface area contributed by atoms with Crippen molar-refractivity contribution in [2.45, 2.75) is 72.4 Å². The Bertz CT molecular complexity index is 409. The molecule has 2 unspecified atom stereocenters. The van der Waals surface area contributed by atoms with E-state index in [0.29, 0.717) is 12.0 Å². The average Bonchev–Trinajstić information content (AvgIpc) is 2.83. The zero-order valence-electron chi connectivity index (χ0n) is 14.7. The summed E-state index contributed by atoms with van der Waals surface area (Å²) in [7, 11) is 0. The lowest BCUT2D eigenvalue weighted by atomic mass is 9.93. The molecular weight excluding hydrogens is 280 g/mol.